The second kappa shape index (κ2) is 6.89. The highest BCUT2D eigenvalue weighted by molar-refractivity contribution is 6.43. The predicted molar refractivity (Wildman–Crippen MR) is 89.0 cm³/mol. The fraction of sp³-hybridized carbons (Fsp3) is 0.222. The molecule has 2 rings (SSSR count). The molecule has 0 radical (unpaired) electrons. The molecule has 4 nitrogen and oxygen atoms in total. The van der Waals surface area contributed by atoms with Crippen LogP contribution < -0.4 is 10.6 Å². The Morgan fingerprint density at radius 3 is 2.23 bits per heavy atom. The number of benzene rings is 2. The molecular formula is C18H20N2O2. The van der Waals surface area contributed by atoms with Crippen molar-refractivity contribution in [2.24, 2.45) is 0 Å². The summed E-state index contributed by atoms with van der Waals surface area (Å²) < 4.78 is 0. The molecule has 0 saturated heterocycles. The first kappa shape index (κ1) is 15.8. The average Bonchev–Trinajstić information content (AvgIpc) is 2.51. The van der Waals surface area contributed by atoms with Crippen molar-refractivity contribution in [3.05, 3.63) is 59.2 Å². The first-order valence-corrected chi connectivity index (χ1v) is 7.28. The van der Waals surface area contributed by atoms with Crippen molar-refractivity contribution in [2.75, 3.05) is 10.6 Å². The minimum Gasteiger partial charge on any atom is -0.318 e. The number of carbonyl (C=O) groups excluding carboxylic acids is 2. The summed E-state index contributed by atoms with van der Waals surface area (Å²) in [5.41, 5.74) is 4.27. The number of aryl methyl sites for hydroxylation is 3. The summed E-state index contributed by atoms with van der Waals surface area (Å²) in [6.45, 7) is 5.83. The van der Waals surface area contributed by atoms with E-state index in [1.807, 2.05) is 57.2 Å². The maximum absolute atomic E-state index is 12.1. The minimum absolute atomic E-state index is 0.656. The molecule has 0 spiro atoms. The van der Waals surface area contributed by atoms with E-state index in [9.17, 15) is 9.59 Å². The molecule has 0 unspecified atom stereocenters. The third-order valence-corrected chi connectivity index (χ3v) is 3.49. The molecule has 114 valence electrons. The molecule has 0 aliphatic carbocycles. The topological polar surface area (TPSA) is 58.2 Å². The maximum Gasteiger partial charge on any atom is 0.314 e. The van der Waals surface area contributed by atoms with Crippen molar-refractivity contribution in [3.8, 4) is 0 Å². The number of amides is 2. The van der Waals surface area contributed by atoms with Gasteiger partial charge in [-0.15, -0.1) is 0 Å². The van der Waals surface area contributed by atoms with E-state index in [1.54, 1.807) is 6.07 Å². The van der Waals surface area contributed by atoms with Crippen molar-refractivity contribution in [2.45, 2.75) is 27.2 Å². The molecular weight excluding hydrogens is 276 g/mol. The van der Waals surface area contributed by atoms with Crippen molar-refractivity contribution < 1.29 is 9.59 Å². The lowest BCUT2D eigenvalue weighted by molar-refractivity contribution is -0.133. The number of carbonyl (C=O) groups is 2. The molecule has 2 aromatic rings. The zero-order valence-corrected chi connectivity index (χ0v) is 13.1. The van der Waals surface area contributed by atoms with Crippen LogP contribution in [-0.4, -0.2) is 11.8 Å². The molecule has 0 fully saturated rings. The van der Waals surface area contributed by atoms with E-state index < -0.39 is 11.8 Å². The lowest BCUT2D eigenvalue weighted by Crippen LogP contribution is -2.29. The van der Waals surface area contributed by atoms with Gasteiger partial charge in [0.1, 0.15) is 0 Å². The standard InChI is InChI=1S/C18H20N2O2/c1-4-14-7-5-6-8-15(14)19-17(21)18(22)20-16-11-12(2)9-10-13(16)3/h5-11H,4H2,1-3H3,(H,19,21)(H,20,22). The summed E-state index contributed by atoms with van der Waals surface area (Å²) >= 11 is 0. The second-order valence-electron chi connectivity index (χ2n) is 5.24. The van der Waals surface area contributed by atoms with Crippen LogP contribution in [0.5, 0.6) is 0 Å². The Morgan fingerprint density at radius 2 is 1.55 bits per heavy atom. The maximum atomic E-state index is 12.1. The van der Waals surface area contributed by atoms with Gasteiger partial charge in [0.05, 0.1) is 0 Å². The van der Waals surface area contributed by atoms with E-state index >= 15 is 0 Å². The smallest absolute Gasteiger partial charge is 0.314 e. The van der Waals surface area contributed by atoms with Crippen LogP contribution in [0.1, 0.15) is 23.6 Å². The third kappa shape index (κ3) is 3.73. The number of para-hydroxylation sites is 1. The van der Waals surface area contributed by atoms with Crippen LogP contribution in [0, 0.1) is 13.8 Å². The fourth-order valence-corrected chi connectivity index (χ4v) is 2.18. The summed E-state index contributed by atoms with van der Waals surface area (Å²) in [4.78, 5) is 24.1. The van der Waals surface area contributed by atoms with Gasteiger partial charge >= 0.3 is 11.8 Å². The Bertz CT molecular complexity index is 708. The number of hydrogen-bond donors (Lipinski definition) is 2. The summed E-state index contributed by atoms with van der Waals surface area (Å²) in [6.07, 6.45) is 0.787. The summed E-state index contributed by atoms with van der Waals surface area (Å²) in [5.74, 6) is -1.33. The van der Waals surface area contributed by atoms with Gasteiger partial charge in [0.15, 0.2) is 0 Å². The van der Waals surface area contributed by atoms with Crippen LogP contribution in [-0.2, 0) is 16.0 Å². The van der Waals surface area contributed by atoms with E-state index in [-0.39, 0.29) is 0 Å². The van der Waals surface area contributed by atoms with Gasteiger partial charge in [-0.25, -0.2) is 0 Å². The highest BCUT2D eigenvalue weighted by atomic mass is 16.2. The summed E-state index contributed by atoms with van der Waals surface area (Å²) in [7, 11) is 0. The molecule has 0 aliphatic rings. The van der Waals surface area contributed by atoms with Gasteiger partial charge in [-0.3, -0.25) is 9.59 Å². The molecule has 0 saturated carbocycles. The lowest BCUT2D eigenvalue weighted by Gasteiger charge is -2.11. The average molecular weight is 296 g/mol. The molecule has 0 heterocycles. The molecule has 0 atom stereocenters. The molecule has 2 amide bonds. The minimum atomic E-state index is -0.667. The Kier molecular flexibility index (Phi) is 4.94. The highest BCUT2D eigenvalue weighted by Crippen LogP contribution is 2.17. The Hall–Kier alpha value is -2.62. The van der Waals surface area contributed by atoms with Gasteiger partial charge in [-0.05, 0) is 49.1 Å². The fourth-order valence-electron chi connectivity index (χ4n) is 2.18. The number of hydrogen-bond acceptors (Lipinski definition) is 2. The van der Waals surface area contributed by atoms with Gasteiger partial charge in [0.2, 0.25) is 0 Å². The van der Waals surface area contributed by atoms with Gasteiger partial charge < -0.3 is 10.6 Å². The molecule has 0 aliphatic heterocycles. The molecule has 2 aromatic carbocycles. The highest BCUT2D eigenvalue weighted by Gasteiger charge is 2.16. The molecule has 2 N–H and O–H groups in total. The molecule has 0 aromatic heterocycles. The Balaban J connectivity index is 2.09. The van der Waals surface area contributed by atoms with E-state index in [0.717, 1.165) is 23.1 Å². The first-order chi connectivity index (χ1) is 10.5. The predicted octanol–water partition coefficient (Wildman–Crippen LogP) is 3.44. The lowest BCUT2D eigenvalue weighted by atomic mass is 10.1. The van der Waals surface area contributed by atoms with Crippen molar-refractivity contribution in [1.82, 2.24) is 0 Å². The summed E-state index contributed by atoms with van der Waals surface area (Å²) in [6, 6.07) is 13.2. The van der Waals surface area contributed by atoms with Crippen LogP contribution in [0.3, 0.4) is 0 Å². The van der Waals surface area contributed by atoms with Crippen LogP contribution in [0.25, 0.3) is 0 Å². The summed E-state index contributed by atoms with van der Waals surface area (Å²) in [5, 5.41) is 5.32. The van der Waals surface area contributed by atoms with Crippen molar-refractivity contribution in [1.29, 1.82) is 0 Å². The van der Waals surface area contributed by atoms with Gasteiger partial charge in [-0.1, -0.05) is 37.3 Å². The third-order valence-electron chi connectivity index (χ3n) is 3.49. The SMILES string of the molecule is CCc1ccccc1NC(=O)C(=O)Nc1cc(C)ccc1C. The van der Waals surface area contributed by atoms with Gasteiger partial charge in [-0.2, -0.15) is 0 Å². The van der Waals surface area contributed by atoms with E-state index in [1.165, 1.54) is 0 Å². The Morgan fingerprint density at radius 1 is 0.909 bits per heavy atom. The second-order valence-corrected chi connectivity index (χ2v) is 5.24. The van der Waals surface area contributed by atoms with E-state index in [4.69, 9.17) is 0 Å². The van der Waals surface area contributed by atoms with Crippen LogP contribution >= 0.6 is 0 Å². The number of anilines is 2. The van der Waals surface area contributed by atoms with Crippen LogP contribution in [0.15, 0.2) is 42.5 Å². The van der Waals surface area contributed by atoms with Crippen LogP contribution in [0.4, 0.5) is 11.4 Å². The number of rotatable bonds is 3. The zero-order valence-electron chi connectivity index (χ0n) is 13.1. The van der Waals surface area contributed by atoms with E-state index in [2.05, 4.69) is 10.6 Å². The normalized spacial score (nSPS) is 10.1. The van der Waals surface area contributed by atoms with Gasteiger partial charge in [0, 0.05) is 11.4 Å². The quantitative estimate of drug-likeness (QED) is 0.852. The zero-order chi connectivity index (χ0) is 16.1. The Labute approximate surface area is 130 Å². The largest absolute Gasteiger partial charge is 0.318 e. The monoisotopic (exact) mass is 296 g/mol. The number of nitrogens with one attached hydrogen (secondary N) is 2. The van der Waals surface area contributed by atoms with Gasteiger partial charge in [0.25, 0.3) is 0 Å². The van der Waals surface area contributed by atoms with E-state index in [0.29, 0.717) is 11.4 Å². The molecule has 22 heavy (non-hydrogen) atoms. The molecule has 0 bridgehead atoms. The first-order valence-electron chi connectivity index (χ1n) is 7.28. The molecule has 4 heteroatoms. The van der Waals surface area contributed by atoms with Crippen molar-refractivity contribution >= 4 is 23.2 Å². The van der Waals surface area contributed by atoms with Crippen molar-refractivity contribution in [3.63, 3.8) is 0 Å². The van der Waals surface area contributed by atoms with Crippen LogP contribution in [0.2, 0.25) is 0 Å².